The first-order valence-corrected chi connectivity index (χ1v) is 9.97. The molecule has 1 aliphatic heterocycles. The van der Waals surface area contributed by atoms with Crippen molar-refractivity contribution in [2.24, 2.45) is 11.8 Å². The first-order chi connectivity index (χ1) is 12.9. The molecule has 1 saturated heterocycles. The van der Waals surface area contributed by atoms with Crippen LogP contribution in [-0.2, 0) is 4.74 Å². The van der Waals surface area contributed by atoms with Gasteiger partial charge in [0.05, 0.1) is 11.6 Å². The Bertz CT molecular complexity index is 820. The number of fused-ring (bicyclic) bond motifs is 1. The maximum Gasteiger partial charge on any atom is 0.407 e. The molecule has 2 aromatic rings. The van der Waals surface area contributed by atoms with Gasteiger partial charge < -0.3 is 15.0 Å². The molecular formula is C22H29N3O2. The molecule has 1 N–H and O–H groups in total. The van der Waals surface area contributed by atoms with Gasteiger partial charge in [-0.3, -0.25) is 4.98 Å². The molecule has 1 aromatic carbocycles. The number of benzene rings is 1. The van der Waals surface area contributed by atoms with E-state index in [2.05, 4.69) is 39.5 Å². The molecule has 1 aliphatic carbocycles. The Balaban J connectivity index is 1.56. The molecule has 5 heteroatoms. The molecular weight excluding hydrogens is 338 g/mol. The third kappa shape index (κ3) is 4.34. The number of carbonyl (C=O) groups excluding carboxylic acids is 1. The van der Waals surface area contributed by atoms with Gasteiger partial charge in [-0.15, -0.1) is 0 Å². The fourth-order valence-corrected chi connectivity index (χ4v) is 4.19. The minimum atomic E-state index is -0.477. The summed E-state index contributed by atoms with van der Waals surface area (Å²) in [6.07, 6.45) is 5.18. The van der Waals surface area contributed by atoms with Crippen molar-refractivity contribution in [3.05, 3.63) is 36.5 Å². The van der Waals surface area contributed by atoms with Crippen molar-refractivity contribution in [3.63, 3.8) is 0 Å². The predicted molar refractivity (Wildman–Crippen MR) is 108 cm³/mol. The van der Waals surface area contributed by atoms with E-state index in [0.29, 0.717) is 5.92 Å². The largest absolute Gasteiger partial charge is 0.444 e. The van der Waals surface area contributed by atoms with Gasteiger partial charge in [0.25, 0.3) is 0 Å². The van der Waals surface area contributed by atoms with Crippen molar-refractivity contribution >= 4 is 22.7 Å². The summed E-state index contributed by atoms with van der Waals surface area (Å²) in [6.45, 7) is 7.54. The van der Waals surface area contributed by atoms with Gasteiger partial charge in [-0.25, -0.2) is 4.79 Å². The third-order valence-electron chi connectivity index (χ3n) is 5.46. The van der Waals surface area contributed by atoms with Gasteiger partial charge in [-0.05, 0) is 76.1 Å². The summed E-state index contributed by atoms with van der Waals surface area (Å²) in [5.74, 6) is 1.41. The molecule has 144 valence electrons. The van der Waals surface area contributed by atoms with Gasteiger partial charge >= 0.3 is 6.09 Å². The van der Waals surface area contributed by atoms with Crippen LogP contribution in [0.5, 0.6) is 0 Å². The van der Waals surface area contributed by atoms with Crippen LogP contribution in [0.3, 0.4) is 0 Å². The van der Waals surface area contributed by atoms with Crippen LogP contribution in [0.25, 0.3) is 10.9 Å². The van der Waals surface area contributed by atoms with Crippen LogP contribution in [0, 0.1) is 11.8 Å². The number of piperidine rings is 1. The number of anilines is 1. The van der Waals surface area contributed by atoms with Crippen molar-refractivity contribution in [1.82, 2.24) is 10.3 Å². The minimum absolute atomic E-state index is 0.103. The Kier molecular flexibility index (Phi) is 4.70. The van der Waals surface area contributed by atoms with E-state index in [1.165, 1.54) is 23.9 Å². The standard InChI is InChI=1S/C22H29N3O2/c1-22(2,3)27-21(26)24-17-12-16(15-9-10-15)13-25(14-17)20-8-4-7-19-18(20)6-5-11-23-19/h4-8,11,15-17H,9-10,12-14H2,1-3H3,(H,24,26)/t16-,17+/m1/s1. The normalized spacial score (nSPS) is 23.3. The van der Waals surface area contributed by atoms with Gasteiger partial charge in [0.15, 0.2) is 0 Å². The van der Waals surface area contributed by atoms with Crippen LogP contribution in [0.2, 0.25) is 0 Å². The van der Waals surface area contributed by atoms with Crippen molar-refractivity contribution in [2.75, 3.05) is 18.0 Å². The highest BCUT2D eigenvalue weighted by atomic mass is 16.6. The quantitative estimate of drug-likeness (QED) is 0.875. The Morgan fingerprint density at radius 3 is 2.70 bits per heavy atom. The highest BCUT2D eigenvalue weighted by Gasteiger charge is 2.38. The molecule has 1 aromatic heterocycles. The number of ether oxygens (including phenoxy) is 1. The maximum absolute atomic E-state index is 12.3. The minimum Gasteiger partial charge on any atom is -0.444 e. The van der Waals surface area contributed by atoms with Gasteiger partial charge in [0.1, 0.15) is 5.60 Å². The number of hydrogen-bond acceptors (Lipinski definition) is 4. The average molecular weight is 367 g/mol. The molecule has 27 heavy (non-hydrogen) atoms. The Labute approximate surface area is 161 Å². The SMILES string of the molecule is CC(C)(C)OC(=O)N[C@H]1C[C@@H](C2CC2)CN(c2cccc3ncccc23)C1. The summed E-state index contributed by atoms with van der Waals surface area (Å²) in [7, 11) is 0. The van der Waals surface area contributed by atoms with E-state index in [9.17, 15) is 4.79 Å². The molecule has 0 unspecified atom stereocenters. The molecule has 2 atom stereocenters. The summed E-state index contributed by atoms with van der Waals surface area (Å²) in [5, 5.41) is 4.29. The highest BCUT2D eigenvalue weighted by molar-refractivity contribution is 5.91. The Hall–Kier alpha value is -2.30. The van der Waals surface area contributed by atoms with Crippen LogP contribution in [0.15, 0.2) is 36.5 Å². The second kappa shape index (κ2) is 7.02. The second-order valence-corrected chi connectivity index (χ2v) is 8.93. The van der Waals surface area contributed by atoms with Crippen molar-refractivity contribution in [3.8, 4) is 0 Å². The topological polar surface area (TPSA) is 54.5 Å². The van der Waals surface area contributed by atoms with Crippen LogP contribution in [0.1, 0.15) is 40.0 Å². The zero-order valence-corrected chi connectivity index (χ0v) is 16.4. The molecule has 5 nitrogen and oxygen atoms in total. The number of rotatable bonds is 3. The lowest BCUT2D eigenvalue weighted by atomic mass is 9.89. The number of hydrogen-bond donors (Lipinski definition) is 1. The molecule has 1 amide bonds. The van der Waals surface area contributed by atoms with Crippen molar-refractivity contribution in [1.29, 1.82) is 0 Å². The summed E-state index contributed by atoms with van der Waals surface area (Å²) in [4.78, 5) is 19.2. The fraction of sp³-hybridized carbons (Fsp3) is 0.545. The van der Waals surface area contributed by atoms with Gasteiger partial charge in [-0.1, -0.05) is 6.07 Å². The Morgan fingerprint density at radius 1 is 1.15 bits per heavy atom. The zero-order chi connectivity index (χ0) is 19.0. The monoisotopic (exact) mass is 367 g/mol. The van der Waals surface area contributed by atoms with E-state index >= 15 is 0 Å². The Morgan fingerprint density at radius 2 is 1.96 bits per heavy atom. The number of pyridine rings is 1. The molecule has 4 rings (SSSR count). The lowest BCUT2D eigenvalue weighted by Crippen LogP contribution is -2.52. The maximum atomic E-state index is 12.3. The van der Waals surface area contributed by atoms with E-state index in [1.54, 1.807) is 0 Å². The van der Waals surface area contributed by atoms with Crippen molar-refractivity contribution < 1.29 is 9.53 Å². The van der Waals surface area contributed by atoms with E-state index in [-0.39, 0.29) is 12.1 Å². The van der Waals surface area contributed by atoms with Crippen LogP contribution in [0.4, 0.5) is 10.5 Å². The molecule has 2 fully saturated rings. The van der Waals surface area contributed by atoms with E-state index in [0.717, 1.165) is 30.9 Å². The second-order valence-electron chi connectivity index (χ2n) is 8.93. The average Bonchev–Trinajstić information content (AvgIpc) is 3.44. The smallest absolute Gasteiger partial charge is 0.407 e. The number of nitrogens with zero attached hydrogens (tertiary/aromatic N) is 2. The summed E-state index contributed by atoms with van der Waals surface area (Å²) < 4.78 is 5.48. The lowest BCUT2D eigenvalue weighted by molar-refractivity contribution is 0.0492. The number of alkyl carbamates (subject to hydrolysis) is 1. The van der Waals surface area contributed by atoms with Gasteiger partial charge in [-0.2, -0.15) is 0 Å². The fourth-order valence-electron chi connectivity index (χ4n) is 4.19. The first-order valence-electron chi connectivity index (χ1n) is 9.97. The molecule has 2 aliphatic rings. The van der Waals surface area contributed by atoms with E-state index in [1.807, 2.05) is 33.0 Å². The molecule has 0 radical (unpaired) electrons. The molecule has 0 bridgehead atoms. The van der Waals surface area contributed by atoms with E-state index < -0.39 is 5.60 Å². The summed E-state index contributed by atoms with van der Waals surface area (Å²) in [6, 6.07) is 10.5. The lowest BCUT2D eigenvalue weighted by Gasteiger charge is -2.40. The van der Waals surface area contributed by atoms with Crippen LogP contribution >= 0.6 is 0 Å². The number of carbonyl (C=O) groups is 1. The van der Waals surface area contributed by atoms with Crippen LogP contribution < -0.4 is 10.2 Å². The van der Waals surface area contributed by atoms with Gasteiger partial charge in [0, 0.05) is 30.4 Å². The third-order valence-corrected chi connectivity index (χ3v) is 5.46. The summed E-state index contributed by atoms with van der Waals surface area (Å²) in [5.41, 5.74) is 1.75. The zero-order valence-electron chi connectivity index (χ0n) is 16.4. The first kappa shape index (κ1) is 18.1. The number of nitrogens with one attached hydrogen (secondary N) is 1. The predicted octanol–water partition coefficient (Wildman–Crippen LogP) is 4.36. The number of amides is 1. The molecule has 2 heterocycles. The summed E-state index contributed by atoms with van der Waals surface area (Å²) >= 11 is 0. The van der Waals surface area contributed by atoms with E-state index in [4.69, 9.17) is 4.74 Å². The van der Waals surface area contributed by atoms with Gasteiger partial charge in [0.2, 0.25) is 0 Å². The number of aromatic nitrogens is 1. The molecule has 0 spiro atoms. The molecule has 1 saturated carbocycles. The van der Waals surface area contributed by atoms with Crippen molar-refractivity contribution in [2.45, 2.75) is 51.7 Å². The highest BCUT2D eigenvalue weighted by Crippen LogP contribution is 2.42. The van der Waals surface area contributed by atoms with Crippen LogP contribution in [-0.4, -0.2) is 35.8 Å².